The molecule has 2 heterocycles. The largest absolute Gasteiger partial charge is 0.481 e. The first kappa shape index (κ1) is 31.7. The number of carboxylic acid groups (broad SMARTS) is 2. The zero-order valence-electron chi connectivity index (χ0n) is 19.9. The molecule has 2 rings (SSSR count). The van der Waals surface area contributed by atoms with Crippen LogP contribution in [0.2, 0.25) is 0 Å². The fourth-order valence-corrected chi connectivity index (χ4v) is 3.09. The van der Waals surface area contributed by atoms with Crippen molar-refractivity contribution in [1.82, 2.24) is 0 Å². The summed E-state index contributed by atoms with van der Waals surface area (Å²) in [5.41, 5.74) is 0. The van der Waals surface area contributed by atoms with Gasteiger partial charge in [-0.15, -0.1) is 0 Å². The molecule has 0 radical (unpaired) electrons. The molecule has 0 aromatic carbocycles. The van der Waals surface area contributed by atoms with Crippen LogP contribution in [0.25, 0.3) is 0 Å². The molecule has 2 fully saturated rings. The van der Waals surface area contributed by atoms with E-state index < -0.39 is 27.1 Å². The molecule has 0 saturated carbocycles. The molecule has 2 aliphatic heterocycles. The molecule has 0 aliphatic carbocycles. The molecule has 9 heteroatoms. The van der Waals surface area contributed by atoms with Gasteiger partial charge in [-0.3, -0.25) is 4.79 Å². The maximum atomic E-state index is 9.95. The van der Waals surface area contributed by atoms with Crippen LogP contribution in [0.15, 0.2) is 0 Å². The molecule has 4 unspecified atom stereocenters. The number of ether oxygens (including phenoxy) is 2. The van der Waals surface area contributed by atoms with Gasteiger partial charge in [0.15, 0.2) is 4.86 Å². The minimum absolute atomic E-state index is 0.0332. The van der Waals surface area contributed by atoms with Crippen molar-refractivity contribution < 1.29 is 37.7 Å². The standard InChI is InChI=1S/2C7H14O.C4H6O4S.C4H8O2/c2*1-3-5-7-6(4-2)8-7;1-2-3(4(5)6)9(7)8;1-2-3-4(5)6/h2*6-7H,3-5H2,1-2H3;2H2,1H3,(H,5,6);2-3H2,1H3,(H,5,6). The Morgan fingerprint density at radius 3 is 1.26 bits per heavy atom. The monoisotopic (exact) mass is 466 g/mol. The molecular formula is C22H42O8S. The third-order valence-corrected chi connectivity index (χ3v) is 5.42. The van der Waals surface area contributed by atoms with Crippen molar-refractivity contribution in [3.63, 3.8) is 0 Å². The van der Waals surface area contributed by atoms with Crippen LogP contribution in [0.3, 0.4) is 0 Å². The second-order valence-electron chi connectivity index (χ2n) is 7.28. The van der Waals surface area contributed by atoms with Crippen LogP contribution < -0.4 is 0 Å². The highest BCUT2D eigenvalue weighted by molar-refractivity contribution is 7.74. The molecule has 0 aromatic rings. The Hall–Kier alpha value is -1.45. The summed E-state index contributed by atoms with van der Waals surface area (Å²) in [5.74, 6) is -2.08. The van der Waals surface area contributed by atoms with E-state index >= 15 is 0 Å². The number of epoxide rings is 2. The minimum Gasteiger partial charge on any atom is -0.481 e. The maximum Gasteiger partial charge on any atom is 0.347 e. The summed E-state index contributed by atoms with van der Waals surface area (Å²) in [7, 11) is -2.57. The van der Waals surface area contributed by atoms with E-state index in [1.807, 2.05) is 6.92 Å². The van der Waals surface area contributed by atoms with Crippen LogP contribution in [0.4, 0.5) is 0 Å². The molecule has 31 heavy (non-hydrogen) atoms. The van der Waals surface area contributed by atoms with E-state index in [0.717, 1.165) is 6.42 Å². The topological polar surface area (TPSA) is 134 Å². The second-order valence-corrected chi connectivity index (χ2v) is 8.24. The van der Waals surface area contributed by atoms with Gasteiger partial charge in [0.1, 0.15) is 0 Å². The molecule has 184 valence electrons. The Kier molecular flexibility index (Phi) is 19.7. The highest BCUT2D eigenvalue weighted by Crippen LogP contribution is 2.29. The van der Waals surface area contributed by atoms with Gasteiger partial charge in [-0.05, 0) is 38.5 Å². The van der Waals surface area contributed by atoms with Crippen molar-refractivity contribution in [2.24, 2.45) is 0 Å². The van der Waals surface area contributed by atoms with Gasteiger partial charge in [-0.1, -0.05) is 54.4 Å². The zero-order chi connectivity index (χ0) is 24.4. The van der Waals surface area contributed by atoms with E-state index in [1.54, 1.807) is 0 Å². The predicted molar refractivity (Wildman–Crippen MR) is 122 cm³/mol. The number of carbonyl (C=O) groups is 2. The maximum absolute atomic E-state index is 9.95. The van der Waals surface area contributed by atoms with Gasteiger partial charge >= 0.3 is 11.9 Å². The number of carboxylic acids is 2. The van der Waals surface area contributed by atoms with Crippen molar-refractivity contribution in [3.05, 3.63) is 0 Å². The Balaban J connectivity index is 0. The van der Waals surface area contributed by atoms with Gasteiger partial charge in [-0.2, -0.15) is 8.42 Å². The van der Waals surface area contributed by atoms with Crippen molar-refractivity contribution in [2.45, 2.75) is 124 Å². The molecule has 4 atom stereocenters. The SMILES string of the molecule is CCC(C(=O)O)=S(=O)=O.CCCC(=O)O.CCCC1OC1CC.CCCC1OC1CC. The normalized spacial score (nSPS) is 22.3. The first-order chi connectivity index (χ1) is 14.6. The smallest absolute Gasteiger partial charge is 0.347 e. The molecule has 0 amide bonds. The van der Waals surface area contributed by atoms with E-state index in [-0.39, 0.29) is 6.42 Å². The summed E-state index contributed by atoms with van der Waals surface area (Å²) in [4.78, 5) is 19.1. The van der Waals surface area contributed by atoms with Crippen LogP contribution >= 0.6 is 0 Å². The molecule has 8 nitrogen and oxygen atoms in total. The fourth-order valence-electron chi connectivity index (χ4n) is 2.71. The van der Waals surface area contributed by atoms with Gasteiger partial charge in [0.25, 0.3) is 0 Å². The first-order valence-electron chi connectivity index (χ1n) is 11.3. The minimum atomic E-state index is -2.57. The lowest BCUT2D eigenvalue weighted by atomic mass is 10.2. The third kappa shape index (κ3) is 17.9. The number of rotatable bonds is 10. The lowest BCUT2D eigenvalue weighted by Gasteiger charge is -1.84. The molecule has 0 aromatic heterocycles. The van der Waals surface area contributed by atoms with Crippen LogP contribution in [0, 0.1) is 0 Å². The van der Waals surface area contributed by atoms with Crippen molar-refractivity contribution in [2.75, 3.05) is 0 Å². The van der Waals surface area contributed by atoms with E-state index in [0.29, 0.717) is 30.8 Å². The Labute approximate surface area is 188 Å². The molecule has 0 bridgehead atoms. The van der Waals surface area contributed by atoms with Crippen LogP contribution in [0.1, 0.15) is 99.3 Å². The van der Waals surface area contributed by atoms with Gasteiger partial charge < -0.3 is 19.7 Å². The molecule has 2 aliphatic rings. The number of hydrogen-bond donors (Lipinski definition) is 2. The van der Waals surface area contributed by atoms with E-state index in [4.69, 9.17) is 19.7 Å². The summed E-state index contributed by atoms with van der Waals surface area (Å²) < 4.78 is 30.5. The molecular weight excluding hydrogens is 424 g/mol. The third-order valence-electron chi connectivity index (χ3n) is 4.55. The Bertz CT molecular complexity index is 601. The van der Waals surface area contributed by atoms with Crippen molar-refractivity contribution in [3.8, 4) is 0 Å². The van der Waals surface area contributed by atoms with Gasteiger partial charge in [-0.25, -0.2) is 4.79 Å². The van der Waals surface area contributed by atoms with E-state index in [9.17, 15) is 18.0 Å². The summed E-state index contributed by atoms with van der Waals surface area (Å²) in [6.45, 7) is 12.1. The van der Waals surface area contributed by atoms with Gasteiger partial charge in [0.05, 0.1) is 24.4 Å². The Morgan fingerprint density at radius 1 is 0.742 bits per heavy atom. The summed E-state index contributed by atoms with van der Waals surface area (Å²) >= 11 is 0. The summed E-state index contributed by atoms with van der Waals surface area (Å²) in [6, 6.07) is 0. The lowest BCUT2D eigenvalue weighted by molar-refractivity contribution is -0.137. The van der Waals surface area contributed by atoms with Gasteiger partial charge in [0, 0.05) is 6.42 Å². The summed E-state index contributed by atoms with van der Waals surface area (Å²) in [5, 5.41) is 16.0. The van der Waals surface area contributed by atoms with Crippen molar-refractivity contribution in [1.29, 1.82) is 0 Å². The average Bonchev–Trinajstić information content (AvgIpc) is 3.60. The van der Waals surface area contributed by atoms with E-state index in [2.05, 4.69) is 27.7 Å². The number of aliphatic carboxylic acids is 2. The first-order valence-corrected chi connectivity index (χ1v) is 12.4. The van der Waals surface area contributed by atoms with Crippen LogP contribution in [-0.2, 0) is 29.4 Å². The van der Waals surface area contributed by atoms with Crippen LogP contribution in [0.5, 0.6) is 0 Å². The quantitative estimate of drug-likeness (QED) is 0.359. The summed E-state index contributed by atoms with van der Waals surface area (Å²) in [6.07, 6.45) is 11.0. The lowest BCUT2D eigenvalue weighted by Crippen LogP contribution is -2.11. The van der Waals surface area contributed by atoms with E-state index in [1.165, 1.54) is 45.4 Å². The van der Waals surface area contributed by atoms with Crippen molar-refractivity contribution >= 4 is 27.1 Å². The predicted octanol–water partition coefficient (Wildman–Crippen LogP) is 4.33. The van der Waals surface area contributed by atoms with Crippen LogP contribution in [-0.4, -0.2) is 59.8 Å². The molecule has 2 saturated heterocycles. The highest BCUT2D eigenvalue weighted by Gasteiger charge is 2.35. The zero-order valence-corrected chi connectivity index (χ0v) is 20.7. The molecule has 2 N–H and O–H groups in total. The molecule has 0 spiro atoms. The van der Waals surface area contributed by atoms with Gasteiger partial charge in [0.2, 0.25) is 10.3 Å². The average molecular weight is 467 g/mol. The Morgan fingerprint density at radius 2 is 1.16 bits per heavy atom. The number of hydrogen-bond acceptors (Lipinski definition) is 6. The second kappa shape index (κ2) is 19.3. The highest BCUT2D eigenvalue weighted by atomic mass is 32.2. The fraction of sp³-hybridized carbons (Fsp3) is 0.864.